The zero-order valence-corrected chi connectivity index (χ0v) is 12.1. The molecule has 0 saturated carbocycles. The monoisotopic (exact) mass is 285 g/mol. The highest BCUT2D eigenvalue weighted by Gasteiger charge is 2.30. The molecule has 1 aromatic carbocycles. The van der Waals surface area contributed by atoms with Crippen LogP contribution in [-0.4, -0.2) is 31.3 Å². The molecule has 1 unspecified atom stereocenters. The van der Waals surface area contributed by atoms with E-state index in [-0.39, 0.29) is 6.54 Å². The van der Waals surface area contributed by atoms with Crippen molar-refractivity contribution in [1.29, 1.82) is 0 Å². The van der Waals surface area contributed by atoms with Crippen LogP contribution in [0.15, 0.2) is 30.3 Å². The molecule has 0 fully saturated rings. The van der Waals surface area contributed by atoms with Gasteiger partial charge in [0, 0.05) is 12.0 Å². The van der Waals surface area contributed by atoms with E-state index >= 15 is 0 Å². The Hall–Kier alpha value is -1.40. The van der Waals surface area contributed by atoms with Gasteiger partial charge in [0.1, 0.15) is 0 Å². The van der Waals surface area contributed by atoms with Crippen LogP contribution in [0.25, 0.3) is 0 Å². The summed E-state index contributed by atoms with van der Waals surface area (Å²) in [7, 11) is -3.85. The molecule has 0 heterocycles. The normalized spacial score (nSPS) is 14.1. The van der Waals surface area contributed by atoms with E-state index in [1.54, 1.807) is 0 Å². The van der Waals surface area contributed by atoms with E-state index in [1.807, 2.05) is 44.2 Å². The van der Waals surface area contributed by atoms with Crippen molar-refractivity contribution in [3.63, 3.8) is 0 Å². The molecule has 0 amide bonds. The van der Waals surface area contributed by atoms with Crippen molar-refractivity contribution in [2.75, 3.05) is 6.54 Å². The lowest BCUT2D eigenvalue weighted by Gasteiger charge is -2.26. The lowest BCUT2D eigenvalue weighted by Crippen LogP contribution is -2.43. The van der Waals surface area contributed by atoms with Gasteiger partial charge in [0.2, 0.25) is 10.0 Å². The standard InChI is InChI=1S/C13H19NO4S/c1-10(12(15)16)19(17,18)14-9-13(2,3)11-7-5-4-6-8-11/h4-8,10,14H,9H2,1-3H3,(H,15,16). The second-order valence-electron chi connectivity index (χ2n) is 5.10. The van der Waals surface area contributed by atoms with Gasteiger partial charge in [-0.25, -0.2) is 13.1 Å². The number of sulfonamides is 1. The molecule has 1 aromatic rings. The summed E-state index contributed by atoms with van der Waals surface area (Å²) in [6.07, 6.45) is 0. The van der Waals surface area contributed by atoms with Gasteiger partial charge in [0.05, 0.1) is 0 Å². The molecule has 0 aliphatic carbocycles. The number of hydrogen-bond donors (Lipinski definition) is 2. The van der Waals surface area contributed by atoms with Crippen molar-refractivity contribution < 1.29 is 18.3 Å². The molecule has 6 heteroatoms. The summed E-state index contributed by atoms with van der Waals surface area (Å²) in [5.74, 6) is -1.36. The first-order valence-electron chi connectivity index (χ1n) is 5.93. The maximum atomic E-state index is 11.8. The van der Waals surface area contributed by atoms with E-state index in [1.165, 1.54) is 0 Å². The highest BCUT2D eigenvalue weighted by atomic mass is 32.2. The third-order valence-electron chi connectivity index (χ3n) is 3.08. The Kier molecular flexibility index (Phi) is 4.70. The molecule has 0 saturated heterocycles. The molecule has 2 N–H and O–H groups in total. The van der Waals surface area contributed by atoms with Gasteiger partial charge in [-0.2, -0.15) is 0 Å². The lowest BCUT2D eigenvalue weighted by atomic mass is 9.85. The summed E-state index contributed by atoms with van der Waals surface area (Å²) < 4.78 is 25.9. The Balaban J connectivity index is 2.79. The molecular weight excluding hydrogens is 266 g/mol. The number of aliphatic carboxylic acids is 1. The summed E-state index contributed by atoms with van der Waals surface area (Å²) in [6.45, 7) is 5.10. The first-order chi connectivity index (χ1) is 8.67. The topological polar surface area (TPSA) is 83.5 Å². The Morgan fingerprint density at radius 1 is 1.32 bits per heavy atom. The Morgan fingerprint density at radius 3 is 2.32 bits per heavy atom. The van der Waals surface area contributed by atoms with Gasteiger partial charge in [-0.3, -0.25) is 4.79 Å². The predicted molar refractivity (Wildman–Crippen MR) is 73.5 cm³/mol. The highest BCUT2D eigenvalue weighted by molar-refractivity contribution is 7.90. The minimum atomic E-state index is -3.85. The fraction of sp³-hybridized carbons (Fsp3) is 0.462. The Morgan fingerprint density at radius 2 is 1.84 bits per heavy atom. The van der Waals surface area contributed by atoms with Crippen LogP contribution in [0.3, 0.4) is 0 Å². The number of rotatable bonds is 6. The second kappa shape index (κ2) is 5.71. The first-order valence-corrected chi connectivity index (χ1v) is 7.48. The minimum absolute atomic E-state index is 0.150. The van der Waals surface area contributed by atoms with Crippen LogP contribution < -0.4 is 4.72 Å². The fourth-order valence-electron chi connectivity index (χ4n) is 1.53. The minimum Gasteiger partial charge on any atom is -0.480 e. The van der Waals surface area contributed by atoms with E-state index in [0.29, 0.717) is 0 Å². The molecule has 0 aliphatic heterocycles. The van der Waals surface area contributed by atoms with Crippen molar-refractivity contribution in [2.45, 2.75) is 31.4 Å². The average molecular weight is 285 g/mol. The van der Waals surface area contributed by atoms with E-state index in [9.17, 15) is 13.2 Å². The van der Waals surface area contributed by atoms with E-state index in [4.69, 9.17) is 5.11 Å². The van der Waals surface area contributed by atoms with Crippen LogP contribution in [0.4, 0.5) is 0 Å². The highest BCUT2D eigenvalue weighted by Crippen LogP contribution is 2.22. The molecule has 0 aliphatic rings. The predicted octanol–water partition coefficient (Wildman–Crippen LogP) is 1.36. The van der Waals surface area contributed by atoms with Gasteiger partial charge in [-0.05, 0) is 12.5 Å². The number of carboxylic acid groups (broad SMARTS) is 1. The maximum absolute atomic E-state index is 11.8. The molecule has 0 spiro atoms. The molecule has 0 aromatic heterocycles. The number of carboxylic acids is 1. The van der Waals surface area contributed by atoms with Crippen molar-refractivity contribution in [1.82, 2.24) is 4.72 Å². The van der Waals surface area contributed by atoms with Gasteiger partial charge in [-0.15, -0.1) is 0 Å². The third kappa shape index (κ3) is 4.04. The molecule has 0 radical (unpaired) electrons. The molecule has 106 valence electrons. The van der Waals surface area contributed by atoms with Crippen LogP contribution in [-0.2, 0) is 20.2 Å². The van der Waals surface area contributed by atoms with Crippen LogP contribution in [0.5, 0.6) is 0 Å². The van der Waals surface area contributed by atoms with Gasteiger partial charge in [0.25, 0.3) is 0 Å². The fourth-order valence-corrected chi connectivity index (χ4v) is 2.61. The van der Waals surface area contributed by atoms with E-state index < -0.39 is 26.7 Å². The smallest absolute Gasteiger partial charge is 0.323 e. The number of hydrogen-bond acceptors (Lipinski definition) is 3. The quantitative estimate of drug-likeness (QED) is 0.826. The molecule has 1 atom stereocenters. The number of nitrogens with one attached hydrogen (secondary N) is 1. The zero-order chi connectivity index (χ0) is 14.7. The summed E-state index contributed by atoms with van der Waals surface area (Å²) in [5.41, 5.74) is 0.577. The second-order valence-corrected chi connectivity index (χ2v) is 7.18. The number of carbonyl (C=O) groups is 1. The largest absolute Gasteiger partial charge is 0.480 e. The van der Waals surface area contributed by atoms with Crippen molar-refractivity contribution in [3.05, 3.63) is 35.9 Å². The average Bonchev–Trinajstić information content (AvgIpc) is 2.37. The molecular formula is C13H19NO4S. The lowest BCUT2D eigenvalue weighted by molar-refractivity contribution is -0.136. The van der Waals surface area contributed by atoms with Crippen LogP contribution in [0.1, 0.15) is 26.3 Å². The summed E-state index contributed by atoms with van der Waals surface area (Å²) in [6, 6.07) is 9.47. The van der Waals surface area contributed by atoms with Gasteiger partial charge in [-0.1, -0.05) is 44.2 Å². The zero-order valence-electron chi connectivity index (χ0n) is 11.3. The maximum Gasteiger partial charge on any atom is 0.323 e. The van der Waals surface area contributed by atoms with E-state index in [0.717, 1.165) is 12.5 Å². The first kappa shape index (κ1) is 15.7. The van der Waals surface area contributed by atoms with Crippen molar-refractivity contribution in [2.24, 2.45) is 0 Å². The molecule has 19 heavy (non-hydrogen) atoms. The van der Waals surface area contributed by atoms with Gasteiger partial charge < -0.3 is 5.11 Å². The van der Waals surface area contributed by atoms with Gasteiger partial charge >= 0.3 is 5.97 Å². The summed E-state index contributed by atoms with van der Waals surface area (Å²) in [4.78, 5) is 10.7. The van der Waals surface area contributed by atoms with Crippen molar-refractivity contribution >= 4 is 16.0 Å². The molecule has 0 bridgehead atoms. The molecule has 1 rings (SSSR count). The molecule has 5 nitrogen and oxygen atoms in total. The van der Waals surface area contributed by atoms with E-state index in [2.05, 4.69) is 4.72 Å². The summed E-state index contributed by atoms with van der Waals surface area (Å²) in [5, 5.41) is 7.29. The van der Waals surface area contributed by atoms with Gasteiger partial charge in [0.15, 0.2) is 5.25 Å². The third-order valence-corrected chi connectivity index (χ3v) is 4.76. The van der Waals surface area contributed by atoms with Crippen LogP contribution in [0, 0.1) is 0 Å². The Bertz CT molecular complexity index is 537. The van der Waals surface area contributed by atoms with Crippen LogP contribution >= 0.6 is 0 Å². The SMILES string of the molecule is CC(C(=O)O)S(=O)(=O)NCC(C)(C)c1ccccc1. The number of benzene rings is 1. The van der Waals surface area contributed by atoms with Crippen LogP contribution in [0.2, 0.25) is 0 Å². The van der Waals surface area contributed by atoms with Crippen molar-refractivity contribution in [3.8, 4) is 0 Å². The Labute approximate surface area is 113 Å². The summed E-state index contributed by atoms with van der Waals surface area (Å²) >= 11 is 0.